The maximum Gasteiger partial charge on any atom is 0.322 e. The lowest BCUT2D eigenvalue weighted by molar-refractivity contribution is 0.247. The maximum absolute atomic E-state index is 12.2. The van der Waals surface area contributed by atoms with Crippen LogP contribution in [0, 0.1) is 6.92 Å². The first-order valence-electron chi connectivity index (χ1n) is 8.82. The first kappa shape index (κ1) is 17.0. The fourth-order valence-electron chi connectivity index (χ4n) is 3.08. The molecule has 3 aromatic rings. The van der Waals surface area contributed by atoms with Crippen LogP contribution in [-0.2, 0) is 12.8 Å². The Morgan fingerprint density at radius 3 is 2.93 bits per heavy atom. The molecule has 1 unspecified atom stereocenters. The largest absolute Gasteiger partial charge is 0.424 e. The Labute approximate surface area is 156 Å². The lowest BCUT2D eigenvalue weighted by Gasteiger charge is -2.23. The monoisotopic (exact) mass is 364 g/mol. The van der Waals surface area contributed by atoms with Crippen molar-refractivity contribution in [2.75, 3.05) is 5.32 Å². The van der Waals surface area contributed by atoms with E-state index in [4.69, 9.17) is 4.74 Å². The number of fused-ring (bicyclic) bond motifs is 1. The molecule has 0 saturated heterocycles. The Morgan fingerprint density at radius 2 is 2.11 bits per heavy atom. The number of aromatic amines is 1. The summed E-state index contributed by atoms with van der Waals surface area (Å²) in [4.78, 5) is 20.5. The molecule has 0 aliphatic heterocycles. The number of urea groups is 1. The zero-order chi connectivity index (χ0) is 18.6. The second-order valence-corrected chi connectivity index (χ2v) is 6.52. The molecule has 0 saturated carbocycles. The van der Waals surface area contributed by atoms with Gasteiger partial charge in [-0.3, -0.25) is 5.10 Å². The summed E-state index contributed by atoms with van der Waals surface area (Å²) in [5, 5.41) is 12.9. The average molecular weight is 364 g/mol. The Morgan fingerprint density at radius 1 is 1.26 bits per heavy atom. The van der Waals surface area contributed by atoms with Gasteiger partial charge in [0, 0.05) is 29.3 Å². The average Bonchev–Trinajstić information content (AvgIpc) is 3.11. The molecule has 2 heterocycles. The number of ether oxygens (including phenoxy) is 1. The Kier molecular flexibility index (Phi) is 4.69. The Bertz CT molecular complexity index is 937. The van der Waals surface area contributed by atoms with Crippen LogP contribution < -0.4 is 15.4 Å². The standard InChI is InChI=1S/C19H20N6O2/c1-12-8-9-20-19(22-12)27-16-5-2-14(3-6-16)23-18(26)24-15-4-7-17-13(10-15)11-21-25-17/h2-3,5-6,8-9,11,15H,4,7,10H2,1H3,(H,21,25)(H2,23,24,26). The third-order valence-corrected chi connectivity index (χ3v) is 4.45. The van der Waals surface area contributed by atoms with E-state index in [2.05, 4.69) is 30.8 Å². The summed E-state index contributed by atoms with van der Waals surface area (Å²) < 4.78 is 5.61. The topological polar surface area (TPSA) is 105 Å². The molecule has 0 fully saturated rings. The first-order chi connectivity index (χ1) is 13.2. The van der Waals surface area contributed by atoms with Gasteiger partial charge < -0.3 is 15.4 Å². The highest BCUT2D eigenvalue weighted by molar-refractivity contribution is 5.89. The number of carbonyl (C=O) groups is 1. The number of carbonyl (C=O) groups excluding carboxylic acids is 1. The fourth-order valence-corrected chi connectivity index (χ4v) is 3.08. The summed E-state index contributed by atoms with van der Waals surface area (Å²) in [5.74, 6) is 0.603. The third-order valence-electron chi connectivity index (χ3n) is 4.45. The molecule has 27 heavy (non-hydrogen) atoms. The van der Waals surface area contributed by atoms with Crippen LogP contribution in [0.5, 0.6) is 11.8 Å². The molecule has 8 nitrogen and oxygen atoms in total. The molecule has 4 rings (SSSR count). The zero-order valence-corrected chi connectivity index (χ0v) is 14.9. The molecule has 0 radical (unpaired) electrons. The minimum atomic E-state index is -0.220. The lowest BCUT2D eigenvalue weighted by atomic mass is 9.94. The molecule has 138 valence electrons. The quantitative estimate of drug-likeness (QED) is 0.660. The van der Waals surface area contributed by atoms with Gasteiger partial charge in [-0.25, -0.2) is 14.8 Å². The molecular formula is C19H20N6O2. The number of anilines is 1. The van der Waals surface area contributed by atoms with Gasteiger partial charge in [-0.15, -0.1) is 0 Å². The number of amides is 2. The van der Waals surface area contributed by atoms with Crippen LogP contribution in [0.4, 0.5) is 10.5 Å². The number of nitrogens with zero attached hydrogens (tertiary/aromatic N) is 3. The van der Waals surface area contributed by atoms with E-state index in [-0.39, 0.29) is 12.1 Å². The summed E-state index contributed by atoms with van der Waals surface area (Å²) >= 11 is 0. The molecule has 3 N–H and O–H groups in total. The van der Waals surface area contributed by atoms with Crippen LogP contribution in [0.1, 0.15) is 23.4 Å². The molecule has 2 amide bonds. The van der Waals surface area contributed by atoms with Crippen molar-refractivity contribution >= 4 is 11.7 Å². The van der Waals surface area contributed by atoms with Gasteiger partial charge in [0.1, 0.15) is 5.75 Å². The number of hydrogen-bond acceptors (Lipinski definition) is 5. The number of hydrogen-bond donors (Lipinski definition) is 3. The molecule has 1 atom stereocenters. The molecule has 1 aliphatic rings. The van der Waals surface area contributed by atoms with E-state index in [1.807, 2.05) is 13.1 Å². The lowest BCUT2D eigenvalue weighted by Crippen LogP contribution is -2.41. The minimum absolute atomic E-state index is 0.108. The van der Waals surface area contributed by atoms with Gasteiger partial charge in [-0.1, -0.05) is 0 Å². The van der Waals surface area contributed by atoms with Crippen molar-refractivity contribution in [1.82, 2.24) is 25.5 Å². The van der Waals surface area contributed by atoms with Crippen molar-refractivity contribution in [2.24, 2.45) is 0 Å². The number of H-pyrrole nitrogens is 1. The molecule has 0 bridgehead atoms. The summed E-state index contributed by atoms with van der Waals surface area (Å²) in [6.45, 7) is 1.87. The van der Waals surface area contributed by atoms with Crippen molar-refractivity contribution in [2.45, 2.75) is 32.2 Å². The highest BCUT2D eigenvalue weighted by atomic mass is 16.5. The van der Waals surface area contributed by atoms with E-state index in [1.54, 1.807) is 36.5 Å². The molecule has 2 aromatic heterocycles. The normalized spacial score (nSPS) is 15.7. The number of aromatic nitrogens is 4. The number of benzene rings is 1. The fraction of sp³-hybridized carbons (Fsp3) is 0.263. The number of aryl methyl sites for hydroxylation is 2. The third kappa shape index (κ3) is 4.22. The van der Waals surface area contributed by atoms with E-state index >= 15 is 0 Å². The highest BCUT2D eigenvalue weighted by Crippen LogP contribution is 2.21. The molecule has 0 spiro atoms. The summed E-state index contributed by atoms with van der Waals surface area (Å²) in [6.07, 6.45) is 6.06. The van der Waals surface area contributed by atoms with E-state index in [0.29, 0.717) is 17.4 Å². The molecule has 8 heteroatoms. The van der Waals surface area contributed by atoms with Gasteiger partial charge in [0.25, 0.3) is 0 Å². The van der Waals surface area contributed by atoms with Gasteiger partial charge in [0.05, 0.1) is 6.20 Å². The minimum Gasteiger partial charge on any atom is -0.424 e. The van der Waals surface area contributed by atoms with Crippen LogP contribution in [0.2, 0.25) is 0 Å². The second-order valence-electron chi connectivity index (χ2n) is 6.52. The predicted molar refractivity (Wildman–Crippen MR) is 99.8 cm³/mol. The van der Waals surface area contributed by atoms with E-state index in [9.17, 15) is 4.79 Å². The number of rotatable bonds is 4. The van der Waals surface area contributed by atoms with Crippen molar-refractivity contribution in [1.29, 1.82) is 0 Å². The number of nitrogens with one attached hydrogen (secondary N) is 3. The molecule has 1 aliphatic carbocycles. The zero-order valence-electron chi connectivity index (χ0n) is 14.9. The highest BCUT2D eigenvalue weighted by Gasteiger charge is 2.21. The van der Waals surface area contributed by atoms with Gasteiger partial charge >= 0.3 is 12.0 Å². The Balaban J connectivity index is 1.31. The van der Waals surface area contributed by atoms with Gasteiger partial charge in [0.2, 0.25) is 0 Å². The SMILES string of the molecule is Cc1ccnc(Oc2ccc(NC(=O)NC3CCc4[nH]ncc4C3)cc2)n1. The van der Waals surface area contributed by atoms with Crippen LogP contribution in [0.25, 0.3) is 0 Å². The summed E-state index contributed by atoms with van der Waals surface area (Å²) in [6, 6.07) is 9.07. The van der Waals surface area contributed by atoms with Crippen molar-refractivity contribution in [3.05, 3.63) is 59.7 Å². The molecular weight excluding hydrogens is 344 g/mol. The summed E-state index contributed by atoms with van der Waals surface area (Å²) in [7, 11) is 0. The van der Waals surface area contributed by atoms with Gasteiger partial charge in [-0.05, 0) is 62.1 Å². The second kappa shape index (κ2) is 7.45. The summed E-state index contributed by atoms with van der Waals surface area (Å²) in [5.41, 5.74) is 3.86. The van der Waals surface area contributed by atoms with Crippen LogP contribution in [-0.4, -0.2) is 32.2 Å². The smallest absolute Gasteiger partial charge is 0.322 e. The van der Waals surface area contributed by atoms with Crippen molar-refractivity contribution < 1.29 is 9.53 Å². The van der Waals surface area contributed by atoms with E-state index in [1.165, 1.54) is 11.3 Å². The van der Waals surface area contributed by atoms with Crippen LogP contribution >= 0.6 is 0 Å². The van der Waals surface area contributed by atoms with Crippen molar-refractivity contribution in [3.63, 3.8) is 0 Å². The van der Waals surface area contributed by atoms with Crippen molar-refractivity contribution in [3.8, 4) is 11.8 Å². The maximum atomic E-state index is 12.2. The van der Waals surface area contributed by atoms with Gasteiger partial charge in [0.15, 0.2) is 0 Å². The van der Waals surface area contributed by atoms with E-state index < -0.39 is 0 Å². The van der Waals surface area contributed by atoms with E-state index in [0.717, 1.165) is 25.0 Å². The first-order valence-corrected chi connectivity index (χ1v) is 8.82. The Hall–Kier alpha value is -3.42. The van der Waals surface area contributed by atoms with Crippen LogP contribution in [0.15, 0.2) is 42.7 Å². The van der Waals surface area contributed by atoms with Crippen LogP contribution in [0.3, 0.4) is 0 Å². The van der Waals surface area contributed by atoms with Gasteiger partial charge in [-0.2, -0.15) is 5.10 Å². The molecule has 1 aromatic carbocycles. The predicted octanol–water partition coefficient (Wildman–Crippen LogP) is 2.98.